The van der Waals surface area contributed by atoms with Gasteiger partial charge in [-0.05, 0) is 38.2 Å². The van der Waals surface area contributed by atoms with E-state index in [1.807, 2.05) is 0 Å². The van der Waals surface area contributed by atoms with E-state index < -0.39 is 0 Å². The van der Waals surface area contributed by atoms with Crippen molar-refractivity contribution in [2.45, 2.75) is 44.2 Å². The molecule has 0 unspecified atom stereocenters. The van der Waals surface area contributed by atoms with E-state index in [0.29, 0.717) is 30.9 Å². The van der Waals surface area contributed by atoms with E-state index in [1.54, 1.807) is 6.07 Å². The number of nitrogens with one attached hydrogen (secondary N) is 1. The minimum Gasteiger partial charge on any atom is -0.472 e. The van der Waals surface area contributed by atoms with Crippen LogP contribution in [-0.2, 0) is 4.74 Å². The zero-order valence-corrected chi connectivity index (χ0v) is 11.1. The summed E-state index contributed by atoms with van der Waals surface area (Å²) in [5.41, 5.74) is 6.40. The van der Waals surface area contributed by atoms with Crippen molar-refractivity contribution in [1.82, 2.24) is 5.32 Å². The fourth-order valence-corrected chi connectivity index (χ4v) is 2.28. The van der Waals surface area contributed by atoms with Gasteiger partial charge in [0.1, 0.15) is 6.26 Å². The first-order valence-electron chi connectivity index (χ1n) is 6.93. The summed E-state index contributed by atoms with van der Waals surface area (Å²) in [6.07, 6.45) is 8.34. The lowest BCUT2D eigenvalue weighted by molar-refractivity contribution is 0.0241. The highest BCUT2D eigenvalue weighted by atomic mass is 16.5. The van der Waals surface area contributed by atoms with Crippen LogP contribution in [0.1, 0.15) is 42.5 Å². The lowest BCUT2D eigenvalue weighted by atomic mass is 9.94. The number of rotatable bonds is 6. The Morgan fingerprint density at radius 1 is 1.42 bits per heavy atom. The number of hydrogen-bond acceptors (Lipinski definition) is 4. The van der Waals surface area contributed by atoms with Crippen LogP contribution in [0.15, 0.2) is 23.0 Å². The summed E-state index contributed by atoms with van der Waals surface area (Å²) in [6.45, 7) is 1.31. The van der Waals surface area contributed by atoms with Crippen molar-refractivity contribution in [1.29, 1.82) is 0 Å². The van der Waals surface area contributed by atoms with Gasteiger partial charge in [-0.2, -0.15) is 0 Å². The highest BCUT2D eigenvalue weighted by Gasteiger charge is 2.18. The molecule has 1 aromatic heterocycles. The summed E-state index contributed by atoms with van der Waals surface area (Å²) in [7, 11) is 0. The summed E-state index contributed by atoms with van der Waals surface area (Å²) in [4.78, 5) is 11.6. The molecule has 1 aliphatic rings. The molecular formula is C14H22N2O3. The van der Waals surface area contributed by atoms with Crippen LogP contribution in [0.3, 0.4) is 0 Å². The lowest BCUT2D eigenvalue weighted by Gasteiger charge is -2.26. The maximum atomic E-state index is 11.6. The highest BCUT2D eigenvalue weighted by molar-refractivity contribution is 5.93. The van der Waals surface area contributed by atoms with Crippen molar-refractivity contribution in [3.8, 4) is 0 Å². The third kappa shape index (κ3) is 4.69. The van der Waals surface area contributed by atoms with Gasteiger partial charge in [0.25, 0.3) is 5.91 Å². The van der Waals surface area contributed by atoms with Gasteiger partial charge in [-0.15, -0.1) is 0 Å². The van der Waals surface area contributed by atoms with Gasteiger partial charge in [0.2, 0.25) is 0 Å². The van der Waals surface area contributed by atoms with E-state index in [2.05, 4.69) is 5.32 Å². The van der Waals surface area contributed by atoms with E-state index in [4.69, 9.17) is 14.9 Å². The molecule has 5 heteroatoms. The van der Waals surface area contributed by atoms with Crippen LogP contribution in [0.25, 0.3) is 0 Å². The molecule has 0 bridgehead atoms. The molecule has 0 saturated heterocycles. The molecule has 0 atom stereocenters. The Morgan fingerprint density at radius 2 is 2.21 bits per heavy atom. The summed E-state index contributed by atoms with van der Waals surface area (Å²) < 4.78 is 10.6. The molecule has 0 aromatic carbocycles. The van der Waals surface area contributed by atoms with E-state index in [-0.39, 0.29) is 5.91 Å². The van der Waals surface area contributed by atoms with Crippen molar-refractivity contribution in [2.24, 2.45) is 5.73 Å². The van der Waals surface area contributed by atoms with Gasteiger partial charge in [-0.1, -0.05) is 0 Å². The molecule has 1 aromatic rings. The van der Waals surface area contributed by atoms with Gasteiger partial charge >= 0.3 is 0 Å². The second-order valence-corrected chi connectivity index (χ2v) is 5.03. The first-order valence-corrected chi connectivity index (χ1v) is 6.93. The molecule has 1 fully saturated rings. The fourth-order valence-electron chi connectivity index (χ4n) is 2.28. The molecular weight excluding hydrogens is 244 g/mol. The van der Waals surface area contributed by atoms with Gasteiger partial charge in [0, 0.05) is 19.2 Å². The molecule has 106 valence electrons. The van der Waals surface area contributed by atoms with Gasteiger partial charge in [0.15, 0.2) is 0 Å². The summed E-state index contributed by atoms with van der Waals surface area (Å²) in [5.74, 6) is -0.0996. The third-order valence-corrected chi connectivity index (χ3v) is 3.46. The molecule has 2 rings (SSSR count). The molecule has 1 heterocycles. The van der Waals surface area contributed by atoms with Crippen LogP contribution < -0.4 is 11.1 Å². The SMILES string of the molecule is NC1CCC(OCCCNC(=O)c2ccoc2)CC1. The molecule has 0 aliphatic heterocycles. The predicted octanol–water partition coefficient (Wildman–Crippen LogP) is 1.69. The zero-order valence-electron chi connectivity index (χ0n) is 11.1. The Morgan fingerprint density at radius 3 is 2.89 bits per heavy atom. The predicted molar refractivity (Wildman–Crippen MR) is 71.8 cm³/mol. The molecule has 1 amide bonds. The average molecular weight is 266 g/mol. The molecule has 1 saturated carbocycles. The molecule has 3 N–H and O–H groups in total. The van der Waals surface area contributed by atoms with Gasteiger partial charge in [-0.3, -0.25) is 4.79 Å². The number of hydrogen-bond donors (Lipinski definition) is 2. The lowest BCUT2D eigenvalue weighted by Crippen LogP contribution is -2.31. The molecule has 5 nitrogen and oxygen atoms in total. The smallest absolute Gasteiger partial charge is 0.254 e. The van der Waals surface area contributed by atoms with Crippen molar-refractivity contribution in [3.05, 3.63) is 24.2 Å². The normalized spacial score (nSPS) is 23.2. The van der Waals surface area contributed by atoms with Crippen LogP contribution >= 0.6 is 0 Å². The van der Waals surface area contributed by atoms with Gasteiger partial charge in [0.05, 0.1) is 17.9 Å². The van der Waals surface area contributed by atoms with Crippen LogP contribution in [0.2, 0.25) is 0 Å². The molecule has 0 spiro atoms. The average Bonchev–Trinajstić information content (AvgIpc) is 2.94. The number of ether oxygens (including phenoxy) is 1. The maximum Gasteiger partial charge on any atom is 0.254 e. The largest absolute Gasteiger partial charge is 0.472 e. The van der Waals surface area contributed by atoms with Crippen molar-refractivity contribution >= 4 is 5.91 Å². The number of carbonyl (C=O) groups is 1. The fraction of sp³-hybridized carbons (Fsp3) is 0.643. The second-order valence-electron chi connectivity index (χ2n) is 5.03. The number of nitrogens with two attached hydrogens (primary N) is 1. The molecule has 1 aliphatic carbocycles. The quantitative estimate of drug-likeness (QED) is 0.768. The minimum atomic E-state index is -0.0996. The molecule has 0 radical (unpaired) electrons. The first kappa shape index (κ1) is 14.1. The highest BCUT2D eigenvalue weighted by Crippen LogP contribution is 2.19. The van der Waals surface area contributed by atoms with E-state index in [9.17, 15) is 4.79 Å². The van der Waals surface area contributed by atoms with Crippen LogP contribution in [0, 0.1) is 0 Å². The van der Waals surface area contributed by atoms with Crippen molar-refractivity contribution in [3.63, 3.8) is 0 Å². The van der Waals surface area contributed by atoms with E-state index in [1.165, 1.54) is 12.5 Å². The van der Waals surface area contributed by atoms with E-state index >= 15 is 0 Å². The monoisotopic (exact) mass is 266 g/mol. The Balaban J connectivity index is 1.51. The van der Waals surface area contributed by atoms with Gasteiger partial charge in [-0.25, -0.2) is 0 Å². The number of amides is 1. The Kier molecular flexibility index (Phi) is 5.42. The first-order chi connectivity index (χ1) is 9.25. The van der Waals surface area contributed by atoms with Crippen molar-refractivity contribution < 1.29 is 13.9 Å². The van der Waals surface area contributed by atoms with E-state index in [0.717, 1.165) is 32.1 Å². The summed E-state index contributed by atoms with van der Waals surface area (Å²) >= 11 is 0. The van der Waals surface area contributed by atoms with Crippen LogP contribution in [0.5, 0.6) is 0 Å². The third-order valence-electron chi connectivity index (χ3n) is 3.46. The van der Waals surface area contributed by atoms with Gasteiger partial charge < -0.3 is 20.2 Å². The second kappa shape index (κ2) is 7.31. The zero-order chi connectivity index (χ0) is 13.5. The summed E-state index contributed by atoms with van der Waals surface area (Å²) in [5, 5.41) is 2.83. The number of carbonyl (C=O) groups excluding carboxylic acids is 1. The maximum absolute atomic E-state index is 11.6. The topological polar surface area (TPSA) is 77.5 Å². The van der Waals surface area contributed by atoms with Crippen LogP contribution in [-0.4, -0.2) is 31.2 Å². The minimum absolute atomic E-state index is 0.0996. The van der Waals surface area contributed by atoms with Crippen molar-refractivity contribution in [2.75, 3.05) is 13.2 Å². The standard InChI is InChI=1S/C14H22N2O3/c15-12-2-4-13(5-3-12)19-8-1-7-16-14(17)11-6-9-18-10-11/h6,9-10,12-13H,1-5,7-8,15H2,(H,16,17). The number of furan rings is 1. The Labute approximate surface area is 113 Å². The molecule has 19 heavy (non-hydrogen) atoms. The van der Waals surface area contributed by atoms with Crippen LogP contribution in [0.4, 0.5) is 0 Å². The summed E-state index contributed by atoms with van der Waals surface area (Å²) in [6, 6.07) is 2.01. The Hall–Kier alpha value is -1.33. The Bertz CT molecular complexity index is 370.